The van der Waals surface area contributed by atoms with Gasteiger partial charge >= 0.3 is 0 Å². The Morgan fingerprint density at radius 1 is 1.17 bits per heavy atom. The second kappa shape index (κ2) is 8.85. The number of carbonyl (C=O) groups is 1. The second-order valence-electron chi connectivity index (χ2n) is 3.00. The molecular weight excluding hydrogens is 174 g/mol. The molecule has 0 fully saturated rings. The molecule has 2 nitrogen and oxygen atoms in total. The van der Waals surface area contributed by atoms with Gasteiger partial charge in [-0.25, -0.2) is 0 Å². The zero-order valence-corrected chi connectivity index (χ0v) is 8.52. The molecule has 0 heterocycles. The number of carbonyl (C=O) groups excluding carboxylic acids is 1. The van der Waals surface area contributed by atoms with Crippen LogP contribution in [0, 0.1) is 0 Å². The Morgan fingerprint density at radius 2 is 1.75 bits per heavy atom. The Morgan fingerprint density at radius 3 is 2.33 bits per heavy atom. The molecule has 0 atom stereocenters. The second-order valence-corrected chi connectivity index (χ2v) is 3.43. The summed E-state index contributed by atoms with van der Waals surface area (Å²) in [6.45, 7) is 2.88. The van der Waals surface area contributed by atoms with Crippen LogP contribution in [-0.2, 0) is 4.79 Å². The summed E-state index contributed by atoms with van der Waals surface area (Å²) < 4.78 is 1.18. The Hall–Kier alpha value is -0.240. The Kier molecular flexibility index (Phi) is 8.68. The summed E-state index contributed by atoms with van der Waals surface area (Å²) in [6.07, 6.45) is 8.02. The van der Waals surface area contributed by atoms with E-state index in [1.807, 2.05) is 0 Å². The van der Waals surface area contributed by atoms with Gasteiger partial charge in [-0.15, -0.1) is 0 Å². The molecule has 0 aliphatic rings. The van der Waals surface area contributed by atoms with Crippen LogP contribution in [0.1, 0.15) is 45.4 Å². The van der Waals surface area contributed by atoms with Crippen molar-refractivity contribution in [3.05, 3.63) is 0 Å². The van der Waals surface area contributed by atoms with E-state index in [4.69, 9.17) is 11.8 Å². The molecule has 0 aliphatic carbocycles. The highest BCUT2D eigenvalue weighted by Crippen LogP contribution is 2.05. The van der Waals surface area contributed by atoms with E-state index >= 15 is 0 Å². The lowest BCUT2D eigenvalue weighted by Crippen LogP contribution is -2.10. The molecular formula is C9H18ClNO. The van der Waals surface area contributed by atoms with Crippen LogP contribution in [0.4, 0.5) is 0 Å². The van der Waals surface area contributed by atoms with Crippen molar-refractivity contribution in [1.82, 2.24) is 4.42 Å². The fourth-order valence-corrected chi connectivity index (χ4v) is 1.22. The Bertz CT molecular complexity index is 109. The highest BCUT2D eigenvalue weighted by molar-refractivity contribution is 6.18. The molecule has 0 rings (SSSR count). The summed E-state index contributed by atoms with van der Waals surface area (Å²) in [6, 6.07) is 0. The zero-order valence-electron chi connectivity index (χ0n) is 7.76. The van der Waals surface area contributed by atoms with E-state index in [-0.39, 0.29) is 0 Å². The highest BCUT2D eigenvalue weighted by Gasteiger charge is 1.95. The monoisotopic (exact) mass is 191 g/mol. The van der Waals surface area contributed by atoms with Gasteiger partial charge in [-0.05, 0) is 6.42 Å². The molecule has 0 aliphatic heterocycles. The number of unbranched alkanes of at least 4 members (excludes halogenated alkanes) is 5. The molecule has 12 heavy (non-hydrogen) atoms. The van der Waals surface area contributed by atoms with Crippen LogP contribution in [0.25, 0.3) is 0 Å². The van der Waals surface area contributed by atoms with Gasteiger partial charge < -0.3 is 0 Å². The minimum absolute atomic E-state index is 0.660. The van der Waals surface area contributed by atoms with E-state index in [1.54, 1.807) is 0 Å². The van der Waals surface area contributed by atoms with Crippen LogP contribution in [0.3, 0.4) is 0 Å². The SMILES string of the molecule is CCCCCCCCN(Cl)C=O. The predicted octanol–water partition coefficient (Wildman–Crippen LogP) is 2.96. The summed E-state index contributed by atoms with van der Waals surface area (Å²) in [7, 11) is 0. The van der Waals surface area contributed by atoms with Crippen LogP contribution in [-0.4, -0.2) is 17.4 Å². The first kappa shape index (κ1) is 11.8. The largest absolute Gasteiger partial charge is 0.277 e. The van der Waals surface area contributed by atoms with E-state index in [0.29, 0.717) is 13.0 Å². The third-order valence-corrected chi connectivity index (χ3v) is 2.09. The minimum atomic E-state index is 0.660. The smallest absolute Gasteiger partial charge is 0.224 e. The molecule has 0 saturated carbocycles. The molecule has 0 aromatic heterocycles. The third-order valence-electron chi connectivity index (χ3n) is 1.84. The molecule has 0 radical (unpaired) electrons. The predicted molar refractivity (Wildman–Crippen MR) is 52.0 cm³/mol. The molecule has 0 spiro atoms. The van der Waals surface area contributed by atoms with Crippen LogP contribution >= 0.6 is 11.8 Å². The van der Waals surface area contributed by atoms with Gasteiger partial charge in [0, 0.05) is 18.3 Å². The molecule has 0 N–H and O–H groups in total. The molecule has 0 bridgehead atoms. The van der Waals surface area contributed by atoms with E-state index in [0.717, 1.165) is 6.42 Å². The van der Waals surface area contributed by atoms with Crippen molar-refractivity contribution >= 4 is 18.2 Å². The zero-order chi connectivity index (χ0) is 9.23. The molecule has 1 amide bonds. The van der Waals surface area contributed by atoms with Crippen molar-refractivity contribution < 1.29 is 4.79 Å². The fraction of sp³-hybridized carbons (Fsp3) is 0.889. The van der Waals surface area contributed by atoms with E-state index in [2.05, 4.69) is 6.92 Å². The van der Waals surface area contributed by atoms with Crippen molar-refractivity contribution in [2.45, 2.75) is 45.4 Å². The van der Waals surface area contributed by atoms with Gasteiger partial charge in [0.05, 0.1) is 0 Å². The first-order valence-electron chi connectivity index (χ1n) is 4.69. The van der Waals surface area contributed by atoms with Crippen molar-refractivity contribution in [1.29, 1.82) is 0 Å². The quantitative estimate of drug-likeness (QED) is 0.328. The molecule has 0 unspecified atom stereocenters. The maximum atomic E-state index is 10.1. The molecule has 0 aromatic rings. The first-order valence-corrected chi connectivity index (χ1v) is 5.02. The van der Waals surface area contributed by atoms with Crippen molar-refractivity contribution in [3.8, 4) is 0 Å². The van der Waals surface area contributed by atoms with Crippen LogP contribution in [0.5, 0.6) is 0 Å². The van der Waals surface area contributed by atoms with Crippen molar-refractivity contribution in [2.24, 2.45) is 0 Å². The molecule has 0 aromatic carbocycles. The maximum Gasteiger partial charge on any atom is 0.224 e. The maximum absolute atomic E-state index is 10.1. The summed E-state index contributed by atoms with van der Waals surface area (Å²) in [5.41, 5.74) is 0. The van der Waals surface area contributed by atoms with E-state index < -0.39 is 0 Å². The summed E-state index contributed by atoms with van der Waals surface area (Å²) in [4.78, 5) is 10.1. The molecule has 0 saturated heterocycles. The Labute approximate surface area is 80.0 Å². The molecule has 3 heteroatoms. The summed E-state index contributed by atoms with van der Waals surface area (Å²) in [5.74, 6) is 0. The van der Waals surface area contributed by atoms with Gasteiger partial charge in [0.2, 0.25) is 6.41 Å². The number of amides is 1. The number of hydrogen-bond donors (Lipinski definition) is 0. The average Bonchev–Trinajstić information content (AvgIpc) is 2.10. The number of hydrogen-bond acceptors (Lipinski definition) is 1. The first-order chi connectivity index (χ1) is 5.81. The number of rotatable bonds is 8. The topological polar surface area (TPSA) is 20.3 Å². The van der Waals surface area contributed by atoms with Gasteiger partial charge in [-0.3, -0.25) is 9.21 Å². The summed E-state index contributed by atoms with van der Waals surface area (Å²) in [5, 5.41) is 0. The van der Waals surface area contributed by atoms with Gasteiger partial charge in [-0.1, -0.05) is 39.0 Å². The fourth-order valence-electron chi connectivity index (χ4n) is 1.10. The normalized spacial score (nSPS) is 9.83. The lowest BCUT2D eigenvalue weighted by atomic mass is 10.1. The molecule has 72 valence electrons. The third kappa shape index (κ3) is 7.86. The lowest BCUT2D eigenvalue weighted by Gasteiger charge is -2.05. The summed E-state index contributed by atoms with van der Waals surface area (Å²) >= 11 is 5.47. The number of nitrogens with zero attached hydrogens (tertiary/aromatic N) is 1. The van der Waals surface area contributed by atoms with Gasteiger partial charge in [0.25, 0.3) is 0 Å². The average molecular weight is 192 g/mol. The minimum Gasteiger partial charge on any atom is -0.277 e. The standard InChI is InChI=1S/C9H18ClNO/c1-2-3-4-5-6-7-8-11(10)9-12/h9H,2-8H2,1H3. The highest BCUT2D eigenvalue weighted by atomic mass is 35.5. The Balaban J connectivity index is 2.95. The number of halogens is 1. The van der Waals surface area contributed by atoms with Crippen LogP contribution in [0.2, 0.25) is 0 Å². The van der Waals surface area contributed by atoms with E-state index in [9.17, 15) is 4.79 Å². The van der Waals surface area contributed by atoms with E-state index in [1.165, 1.54) is 36.5 Å². The van der Waals surface area contributed by atoms with Crippen molar-refractivity contribution in [3.63, 3.8) is 0 Å². The van der Waals surface area contributed by atoms with Gasteiger partial charge in [-0.2, -0.15) is 0 Å². The van der Waals surface area contributed by atoms with Gasteiger partial charge in [0.1, 0.15) is 0 Å². The van der Waals surface area contributed by atoms with Crippen LogP contribution in [0.15, 0.2) is 0 Å². The van der Waals surface area contributed by atoms with Gasteiger partial charge in [0.15, 0.2) is 0 Å². The van der Waals surface area contributed by atoms with Crippen molar-refractivity contribution in [2.75, 3.05) is 6.54 Å². The van der Waals surface area contributed by atoms with Crippen LogP contribution < -0.4 is 0 Å². The lowest BCUT2D eigenvalue weighted by molar-refractivity contribution is -0.114.